The Bertz CT molecular complexity index is 1940. The quantitative estimate of drug-likeness (QED) is 0.191. The minimum atomic E-state index is -4.58. The molecule has 0 radical (unpaired) electrons. The lowest BCUT2D eigenvalue weighted by atomic mass is 10.1. The molecule has 0 saturated carbocycles. The number of halogens is 3. The maximum atomic E-state index is 13.3. The van der Waals surface area contributed by atoms with Gasteiger partial charge in [-0.15, -0.1) is 0 Å². The molecule has 0 bridgehead atoms. The Morgan fingerprint density at radius 1 is 0.935 bits per heavy atom. The third-order valence-electron chi connectivity index (χ3n) is 7.71. The summed E-state index contributed by atoms with van der Waals surface area (Å²) < 4.78 is 40.8. The summed E-state index contributed by atoms with van der Waals surface area (Å²) in [6.45, 7) is 10.7. The van der Waals surface area contributed by atoms with Gasteiger partial charge in [0.1, 0.15) is 0 Å². The lowest BCUT2D eigenvalue weighted by Crippen LogP contribution is -2.25. The first-order chi connectivity index (χ1) is 22.0. The number of likely N-dealkylation sites (N-methyl/N-ethyl adjacent to an activating group) is 1. The minimum Gasteiger partial charge on any atom is -0.323 e. The predicted molar refractivity (Wildman–Crippen MR) is 171 cm³/mol. The van der Waals surface area contributed by atoms with E-state index in [2.05, 4.69) is 49.3 Å². The van der Waals surface area contributed by atoms with Crippen molar-refractivity contribution in [3.05, 3.63) is 106 Å². The highest BCUT2D eigenvalue weighted by Crippen LogP contribution is 2.30. The van der Waals surface area contributed by atoms with Crippen LogP contribution in [0.25, 0.3) is 16.7 Å². The maximum Gasteiger partial charge on any atom is 0.416 e. The van der Waals surface area contributed by atoms with Crippen LogP contribution in [0.15, 0.2) is 71.8 Å². The molecular formula is C33H33F3N8O2. The summed E-state index contributed by atoms with van der Waals surface area (Å²) in [7, 11) is 0. The molecule has 5 rings (SSSR count). The summed E-state index contributed by atoms with van der Waals surface area (Å²) in [4.78, 5) is 46.1. The maximum absolute atomic E-state index is 13.3. The highest BCUT2D eigenvalue weighted by Gasteiger charge is 2.31. The lowest BCUT2D eigenvalue weighted by molar-refractivity contribution is -0.137. The van der Waals surface area contributed by atoms with Crippen molar-refractivity contribution < 1.29 is 18.0 Å². The Morgan fingerprint density at radius 2 is 1.70 bits per heavy atom. The third-order valence-corrected chi connectivity index (χ3v) is 7.71. The van der Waals surface area contributed by atoms with Crippen LogP contribution in [0.5, 0.6) is 0 Å². The fraction of sp³-hybridized carbons (Fsp3) is 0.273. The Labute approximate surface area is 263 Å². The van der Waals surface area contributed by atoms with Crippen molar-refractivity contribution in [1.82, 2.24) is 29.4 Å². The molecule has 0 atom stereocenters. The van der Waals surface area contributed by atoms with Crippen LogP contribution in [-0.2, 0) is 12.6 Å². The van der Waals surface area contributed by atoms with Crippen molar-refractivity contribution in [2.24, 2.45) is 0 Å². The second-order valence-electron chi connectivity index (χ2n) is 10.7. The molecule has 10 nitrogen and oxygen atoms in total. The first kappa shape index (κ1) is 32.2. The SMILES string of the molecule is CCN(CC)CCc1ccc(Nc2ncc3c(C)n(-c4cc(NC(=O)c5cccc(C(F)(F)F)c5)ccc4C)c(=O)nc3n2)cn1. The zero-order valence-electron chi connectivity index (χ0n) is 25.8. The Hall–Kier alpha value is -5.17. The first-order valence-electron chi connectivity index (χ1n) is 14.8. The van der Waals surface area contributed by atoms with Gasteiger partial charge in [0.2, 0.25) is 5.95 Å². The fourth-order valence-corrected chi connectivity index (χ4v) is 5.02. The first-order valence-corrected chi connectivity index (χ1v) is 14.8. The lowest BCUT2D eigenvalue weighted by Gasteiger charge is -2.17. The highest BCUT2D eigenvalue weighted by molar-refractivity contribution is 6.04. The molecule has 0 saturated heterocycles. The van der Waals surface area contributed by atoms with Crippen LogP contribution in [0.4, 0.5) is 30.5 Å². The largest absolute Gasteiger partial charge is 0.416 e. The zero-order chi connectivity index (χ0) is 33.0. The molecule has 2 N–H and O–H groups in total. The summed E-state index contributed by atoms with van der Waals surface area (Å²) in [5, 5.41) is 6.26. The number of aromatic nitrogens is 5. The molecule has 0 unspecified atom stereocenters. The van der Waals surface area contributed by atoms with E-state index >= 15 is 0 Å². The van der Waals surface area contributed by atoms with E-state index < -0.39 is 23.3 Å². The Morgan fingerprint density at radius 3 is 2.39 bits per heavy atom. The normalized spacial score (nSPS) is 11.7. The van der Waals surface area contributed by atoms with Gasteiger partial charge in [-0.3, -0.25) is 14.3 Å². The standard InChI is InChI=1S/C33H33F3N8O2/c1-5-43(6-2)15-14-24-12-13-26(18-37-24)40-31-38-19-27-21(4)44(32(46)42-29(27)41-31)28-17-25(11-10-20(28)3)39-30(45)22-8-7-9-23(16-22)33(34,35)36/h7-13,16-19H,5-6,14-15H2,1-4H3,(H,39,45)(H,40,41,42,46). The monoisotopic (exact) mass is 630 g/mol. The van der Waals surface area contributed by atoms with Gasteiger partial charge in [-0.05, 0) is 75.0 Å². The molecule has 2 aromatic carbocycles. The van der Waals surface area contributed by atoms with E-state index in [0.29, 0.717) is 28.0 Å². The number of pyridine rings is 1. The van der Waals surface area contributed by atoms with Crippen molar-refractivity contribution in [3.63, 3.8) is 0 Å². The number of hydrogen-bond donors (Lipinski definition) is 2. The van der Waals surface area contributed by atoms with Crippen molar-refractivity contribution >= 4 is 34.3 Å². The summed E-state index contributed by atoms with van der Waals surface area (Å²) in [5.74, 6) is -0.468. The van der Waals surface area contributed by atoms with E-state index in [1.165, 1.54) is 16.7 Å². The molecule has 0 fully saturated rings. The molecule has 13 heteroatoms. The van der Waals surface area contributed by atoms with Gasteiger partial charge in [0.05, 0.1) is 28.5 Å². The van der Waals surface area contributed by atoms with Crippen LogP contribution in [0, 0.1) is 13.8 Å². The number of hydrogen-bond acceptors (Lipinski definition) is 8. The molecule has 3 heterocycles. The summed E-state index contributed by atoms with van der Waals surface area (Å²) in [6, 6.07) is 12.9. The van der Waals surface area contributed by atoms with Crippen LogP contribution >= 0.6 is 0 Å². The molecule has 1 amide bonds. The average Bonchev–Trinajstić information content (AvgIpc) is 3.03. The predicted octanol–water partition coefficient (Wildman–Crippen LogP) is 6.09. The second-order valence-corrected chi connectivity index (χ2v) is 10.7. The number of amides is 1. The number of rotatable bonds is 10. The number of carbonyl (C=O) groups is 1. The van der Waals surface area contributed by atoms with Gasteiger partial charge in [-0.1, -0.05) is 26.0 Å². The van der Waals surface area contributed by atoms with E-state index in [1.54, 1.807) is 44.4 Å². The van der Waals surface area contributed by atoms with E-state index in [9.17, 15) is 22.8 Å². The number of alkyl halides is 3. The number of anilines is 3. The Balaban J connectivity index is 1.37. The Kier molecular flexibility index (Phi) is 9.42. The molecular weight excluding hydrogens is 597 g/mol. The van der Waals surface area contributed by atoms with Gasteiger partial charge >= 0.3 is 11.9 Å². The average molecular weight is 631 g/mol. The highest BCUT2D eigenvalue weighted by atomic mass is 19.4. The minimum absolute atomic E-state index is 0.152. The summed E-state index contributed by atoms with van der Waals surface area (Å²) in [6.07, 6.45) is -0.454. The smallest absolute Gasteiger partial charge is 0.323 e. The molecule has 5 aromatic rings. The van der Waals surface area contributed by atoms with E-state index in [-0.39, 0.29) is 22.8 Å². The molecule has 238 valence electrons. The molecule has 0 spiro atoms. The molecule has 3 aromatic heterocycles. The van der Waals surface area contributed by atoms with Crippen molar-refractivity contribution in [2.75, 3.05) is 30.3 Å². The van der Waals surface area contributed by atoms with Crippen molar-refractivity contribution in [2.45, 2.75) is 40.3 Å². The van der Waals surface area contributed by atoms with Crippen LogP contribution < -0.4 is 16.3 Å². The van der Waals surface area contributed by atoms with Crippen LogP contribution in [0.1, 0.15) is 46.7 Å². The number of nitrogens with one attached hydrogen (secondary N) is 2. The number of nitrogens with zero attached hydrogens (tertiary/aromatic N) is 6. The molecule has 46 heavy (non-hydrogen) atoms. The molecule has 0 aliphatic carbocycles. The summed E-state index contributed by atoms with van der Waals surface area (Å²) >= 11 is 0. The van der Waals surface area contributed by atoms with E-state index in [4.69, 9.17) is 0 Å². The number of aryl methyl sites for hydroxylation is 2. The summed E-state index contributed by atoms with van der Waals surface area (Å²) in [5.41, 5.74) is 2.14. The van der Waals surface area contributed by atoms with Crippen LogP contribution in [-0.4, -0.2) is 54.9 Å². The number of carbonyl (C=O) groups excluding carboxylic acids is 1. The van der Waals surface area contributed by atoms with Gasteiger partial charge < -0.3 is 15.5 Å². The van der Waals surface area contributed by atoms with Gasteiger partial charge in [0.25, 0.3) is 5.91 Å². The van der Waals surface area contributed by atoms with E-state index in [1.807, 2.05) is 12.1 Å². The topological polar surface area (TPSA) is 118 Å². The van der Waals surface area contributed by atoms with Gasteiger partial charge in [-0.2, -0.15) is 23.1 Å². The van der Waals surface area contributed by atoms with Crippen molar-refractivity contribution in [3.8, 4) is 5.69 Å². The number of fused-ring (bicyclic) bond motifs is 1. The van der Waals surface area contributed by atoms with E-state index in [0.717, 1.165) is 43.9 Å². The fourth-order valence-electron chi connectivity index (χ4n) is 5.02. The van der Waals surface area contributed by atoms with Crippen LogP contribution in [0.3, 0.4) is 0 Å². The third kappa shape index (κ3) is 7.20. The van der Waals surface area contributed by atoms with Gasteiger partial charge in [0.15, 0.2) is 5.65 Å². The number of benzene rings is 2. The van der Waals surface area contributed by atoms with Crippen LogP contribution in [0.2, 0.25) is 0 Å². The second kappa shape index (κ2) is 13.4. The molecule has 0 aliphatic heterocycles. The molecule has 0 aliphatic rings. The van der Waals surface area contributed by atoms with Gasteiger partial charge in [-0.25, -0.2) is 9.78 Å². The van der Waals surface area contributed by atoms with Crippen molar-refractivity contribution in [1.29, 1.82) is 0 Å². The van der Waals surface area contributed by atoms with Gasteiger partial charge in [0, 0.05) is 41.8 Å². The zero-order valence-corrected chi connectivity index (χ0v) is 25.8.